The fraction of sp³-hybridized carbons (Fsp3) is 0.273. The predicted octanol–water partition coefficient (Wildman–Crippen LogP) is 3.35. The van der Waals surface area contributed by atoms with Crippen molar-refractivity contribution in [3.63, 3.8) is 0 Å². The van der Waals surface area contributed by atoms with Crippen LogP contribution in [0.2, 0.25) is 5.02 Å². The number of halogens is 1. The van der Waals surface area contributed by atoms with Gasteiger partial charge in [0.2, 0.25) is 0 Å². The summed E-state index contributed by atoms with van der Waals surface area (Å²) < 4.78 is 30.4. The number of hydrogen-bond acceptors (Lipinski definition) is 6. The minimum atomic E-state index is -3.35. The van der Waals surface area contributed by atoms with Crippen molar-refractivity contribution in [3.8, 4) is 22.6 Å². The molecule has 1 atom stereocenters. The van der Waals surface area contributed by atoms with Crippen LogP contribution in [-0.4, -0.2) is 42.3 Å². The van der Waals surface area contributed by atoms with Crippen molar-refractivity contribution in [1.82, 2.24) is 9.78 Å². The van der Waals surface area contributed by atoms with E-state index in [2.05, 4.69) is 5.10 Å². The number of aliphatic hydroxyl groups is 1. The van der Waals surface area contributed by atoms with Crippen molar-refractivity contribution in [2.24, 2.45) is 5.92 Å². The maximum Gasteiger partial charge on any atom is 0.314 e. The van der Waals surface area contributed by atoms with Crippen molar-refractivity contribution < 1.29 is 18.3 Å². The molecule has 31 heavy (non-hydrogen) atoms. The number of nitrogens with zero attached hydrogens (tertiary/aromatic N) is 2. The highest BCUT2D eigenvalue weighted by atomic mass is 35.5. The third kappa shape index (κ3) is 5.33. The monoisotopic (exact) mass is 462 g/mol. The van der Waals surface area contributed by atoms with E-state index in [4.69, 9.17) is 16.3 Å². The van der Waals surface area contributed by atoms with Crippen molar-refractivity contribution in [2.75, 3.05) is 12.9 Å². The number of ether oxygens (including phenoxy) is 1. The van der Waals surface area contributed by atoms with Crippen LogP contribution in [0.25, 0.3) is 16.8 Å². The number of hydrogen-bond donors (Lipinski definition) is 1. The normalized spacial score (nSPS) is 12.7. The summed E-state index contributed by atoms with van der Waals surface area (Å²) in [7, 11) is -3.35. The smallest absolute Gasteiger partial charge is 0.314 e. The van der Waals surface area contributed by atoms with Gasteiger partial charge in [0.1, 0.15) is 6.61 Å². The molecule has 2 aromatic carbocycles. The highest BCUT2D eigenvalue weighted by molar-refractivity contribution is 7.90. The van der Waals surface area contributed by atoms with Crippen molar-refractivity contribution >= 4 is 21.4 Å². The Morgan fingerprint density at radius 2 is 1.71 bits per heavy atom. The Hall–Kier alpha value is -2.68. The van der Waals surface area contributed by atoms with Gasteiger partial charge in [-0.05, 0) is 47.9 Å². The molecular weight excluding hydrogens is 440 g/mol. The topological polar surface area (TPSA) is 98.5 Å². The Kier molecular flexibility index (Phi) is 6.83. The Balaban J connectivity index is 2.10. The molecule has 0 spiro atoms. The van der Waals surface area contributed by atoms with E-state index < -0.39 is 21.5 Å². The summed E-state index contributed by atoms with van der Waals surface area (Å²) in [4.78, 5) is 13.4. The number of aromatic nitrogens is 2. The van der Waals surface area contributed by atoms with E-state index >= 15 is 0 Å². The van der Waals surface area contributed by atoms with Crippen LogP contribution < -0.4 is 10.3 Å². The van der Waals surface area contributed by atoms with Crippen LogP contribution in [0.4, 0.5) is 0 Å². The van der Waals surface area contributed by atoms with Gasteiger partial charge < -0.3 is 9.84 Å². The van der Waals surface area contributed by atoms with Gasteiger partial charge in [-0.25, -0.2) is 8.42 Å². The fourth-order valence-corrected chi connectivity index (χ4v) is 3.55. The average Bonchev–Trinajstić information content (AvgIpc) is 2.72. The summed E-state index contributed by atoms with van der Waals surface area (Å²) in [6.07, 6.45) is 1.83. The predicted molar refractivity (Wildman–Crippen MR) is 120 cm³/mol. The minimum Gasteiger partial charge on any atom is -0.485 e. The lowest BCUT2D eigenvalue weighted by Gasteiger charge is -2.18. The molecule has 0 saturated heterocycles. The van der Waals surface area contributed by atoms with Gasteiger partial charge in [-0.15, -0.1) is 0 Å². The summed E-state index contributed by atoms with van der Waals surface area (Å²) >= 11 is 5.93. The molecule has 0 aliphatic heterocycles. The van der Waals surface area contributed by atoms with Crippen LogP contribution in [0, 0.1) is 5.92 Å². The molecule has 0 amide bonds. The first kappa shape index (κ1) is 23.0. The molecule has 164 valence electrons. The van der Waals surface area contributed by atoms with Gasteiger partial charge in [0, 0.05) is 16.8 Å². The van der Waals surface area contributed by atoms with Crippen LogP contribution in [0.3, 0.4) is 0 Å². The molecule has 0 radical (unpaired) electrons. The number of rotatable bonds is 7. The van der Waals surface area contributed by atoms with Crippen molar-refractivity contribution in [1.29, 1.82) is 0 Å². The first-order valence-corrected chi connectivity index (χ1v) is 11.8. The Morgan fingerprint density at radius 1 is 1.10 bits per heavy atom. The van der Waals surface area contributed by atoms with E-state index in [0.717, 1.165) is 6.26 Å². The standard InChI is InChI=1S/C22H23ClN2O5S/c1-14(2)20(26)13-30-21-19(15-4-10-18(11-5-15)31(3,28)29)12-24-25(22(21)27)17-8-6-16(23)7-9-17/h4-12,14,20,26H,13H2,1-3H3/t20-/m0/s1. The minimum absolute atomic E-state index is 0.0109. The Labute approximate surface area is 185 Å². The third-order valence-electron chi connectivity index (χ3n) is 4.77. The van der Waals surface area contributed by atoms with E-state index in [9.17, 15) is 18.3 Å². The maximum absolute atomic E-state index is 13.2. The molecule has 0 bridgehead atoms. The maximum atomic E-state index is 13.2. The molecule has 3 rings (SSSR count). The molecule has 1 heterocycles. The molecular formula is C22H23ClN2O5S. The summed E-state index contributed by atoms with van der Waals surface area (Å²) in [6.45, 7) is 3.61. The summed E-state index contributed by atoms with van der Waals surface area (Å²) in [5.74, 6) is -0.0467. The molecule has 0 saturated carbocycles. The first-order valence-electron chi connectivity index (χ1n) is 9.57. The highest BCUT2D eigenvalue weighted by Gasteiger charge is 2.19. The molecule has 3 aromatic rings. The van der Waals surface area contributed by atoms with E-state index in [1.165, 1.54) is 23.0 Å². The molecule has 0 aliphatic rings. The van der Waals surface area contributed by atoms with Gasteiger partial charge in [0.05, 0.1) is 22.9 Å². The lowest BCUT2D eigenvalue weighted by atomic mass is 10.1. The first-order chi connectivity index (χ1) is 14.6. The SMILES string of the molecule is CC(C)[C@@H](O)COc1c(-c2ccc(S(C)(=O)=O)cc2)cnn(-c2ccc(Cl)cc2)c1=O. The van der Waals surface area contributed by atoms with Gasteiger partial charge in [0.25, 0.3) is 0 Å². The number of aliphatic hydroxyl groups excluding tert-OH is 1. The van der Waals surface area contributed by atoms with Crippen molar-refractivity contribution in [3.05, 3.63) is 70.1 Å². The van der Waals surface area contributed by atoms with Crippen LogP contribution in [0.5, 0.6) is 5.75 Å². The molecule has 0 unspecified atom stereocenters. The largest absolute Gasteiger partial charge is 0.485 e. The van der Waals surface area contributed by atoms with Gasteiger partial charge in [-0.1, -0.05) is 37.6 Å². The van der Waals surface area contributed by atoms with Gasteiger partial charge in [0.15, 0.2) is 15.6 Å². The molecule has 0 aliphatic carbocycles. The summed E-state index contributed by atoms with van der Waals surface area (Å²) in [6, 6.07) is 12.7. The Bertz CT molecular complexity index is 1220. The second-order valence-electron chi connectivity index (χ2n) is 7.50. The zero-order valence-corrected chi connectivity index (χ0v) is 18.9. The zero-order chi connectivity index (χ0) is 22.8. The zero-order valence-electron chi connectivity index (χ0n) is 17.3. The highest BCUT2D eigenvalue weighted by Crippen LogP contribution is 2.28. The quantitative estimate of drug-likeness (QED) is 0.578. The Morgan fingerprint density at radius 3 is 2.26 bits per heavy atom. The molecule has 1 N–H and O–H groups in total. The van der Waals surface area contributed by atoms with Crippen LogP contribution in [0.1, 0.15) is 13.8 Å². The van der Waals surface area contributed by atoms with Crippen LogP contribution in [-0.2, 0) is 9.84 Å². The number of benzene rings is 2. The van der Waals surface area contributed by atoms with Gasteiger partial charge in [-0.2, -0.15) is 9.78 Å². The van der Waals surface area contributed by atoms with Crippen LogP contribution >= 0.6 is 11.6 Å². The summed E-state index contributed by atoms with van der Waals surface area (Å²) in [5, 5.41) is 14.9. The molecule has 0 fully saturated rings. The van der Waals surface area contributed by atoms with E-state index in [0.29, 0.717) is 21.8 Å². The van der Waals surface area contributed by atoms with Gasteiger partial charge in [-0.3, -0.25) is 4.79 Å². The van der Waals surface area contributed by atoms with E-state index in [1.54, 1.807) is 36.4 Å². The molecule has 7 nitrogen and oxygen atoms in total. The number of sulfone groups is 1. The van der Waals surface area contributed by atoms with E-state index in [-0.39, 0.29) is 23.2 Å². The van der Waals surface area contributed by atoms with Crippen LogP contribution in [0.15, 0.2) is 64.4 Å². The third-order valence-corrected chi connectivity index (χ3v) is 6.15. The summed E-state index contributed by atoms with van der Waals surface area (Å²) in [5.41, 5.74) is 0.950. The lowest BCUT2D eigenvalue weighted by Crippen LogP contribution is -2.28. The molecule has 9 heteroatoms. The average molecular weight is 463 g/mol. The molecule has 1 aromatic heterocycles. The van der Waals surface area contributed by atoms with E-state index in [1.807, 2.05) is 13.8 Å². The second kappa shape index (κ2) is 9.21. The van der Waals surface area contributed by atoms with Gasteiger partial charge >= 0.3 is 5.56 Å². The fourth-order valence-electron chi connectivity index (χ4n) is 2.79. The second-order valence-corrected chi connectivity index (χ2v) is 9.95. The van der Waals surface area contributed by atoms with Crippen molar-refractivity contribution in [2.45, 2.75) is 24.8 Å². The lowest BCUT2D eigenvalue weighted by molar-refractivity contribution is 0.0695.